The summed E-state index contributed by atoms with van der Waals surface area (Å²) < 4.78 is 10.9. The Balaban J connectivity index is 1.60. The fourth-order valence-corrected chi connectivity index (χ4v) is 3.72. The summed E-state index contributed by atoms with van der Waals surface area (Å²) in [5.74, 6) is -0.0216. The molecule has 0 spiro atoms. The van der Waals surface area contributed by atoms with Crippen LogP contribution in [0.1, 0.15) is 48.0 Å². The summed E-state index contributed by atoms with van der Waals surface area (Å²) in [6.45, 7) is 4.46. The van der Waals surface area contributed by atoms with Crippen molar-refractivity contribution in [3.8, 4) is 0 Å². The summed E-state index contributed by atoms with van der Waals surface area (Å²) in [6.07, 6.45) is 5.95. The zero-order valence-electron chi connectivity index (χ0n) is 15.2. The molecule has 0 saturated carbocycles. The highest BCUT2D eigenvalue weighted by Gasteiger charge is 2.27. The largest absolute Gasteiger partial charge is 0.379 e. The van der Waals surface area contributed by atoms with E-state index in [4.69, 9.17) is 9.47 Å². The average molecular weight is 346 g/mol. The maximum Gasteiger partial charge on any atom is 0.251 e. The van der Waals surface area contributed by atoms with Crippen molar-refractivity contribution >= 4 is 5.91 Å². The normalized spacial score (nSPS) is 25.3. The molecule has 2 aliphatic heterocycles. The lowest BCUT2D eigenvalue weighted by Crippen LogP contribution is -2.49. The number of rotatable bonds is 5. The molecule has 2 atom stereocenters. The Morgan fingerprint density at radius 3 is 2.84 bits per heavy atom. The predicted octanol–water partition coefficient (Wildman–Crippen LogP) is 2.60. The molecule has 0 aromatic heterocycles. The Morgan fingerprint density at radius 2 is 2.08 bits per heavy atom. The molecular weight excluding hydrogens is 316 g/mol. The Hall–Kier alpha value is -1.43. The van der Waals surface area contributed by atoms with E-state index in [1.54, 1.807) is 7.11 Å². The minimum Gasteiger partial charge on any atom is -0.379 e. The second-order valence-electron chi connectivity index (χ2n) is 7.11. The van der Waals surface area contributed by atoms with Crippen LogP contribution in [0.5, 0.6) is 0 Å². The maximum atomic E-state index is 12.7. The van der Waals surface area contributed by atoms with Crippen LogP contribution in [-0.2, 0) is 16.0 Å². The lowest BCUT2D eigenvalue weighted by molar-refractivity contribution is -0.0479. The number of carbonyl (C=O) groups excluding carboxylic acids is 1. The molecule has 0 bridgehead atoms. The summed E-state index contributed by atoms with van der Waals surface area (Å²) in [5, 5.41) is 3.12. The zero-order valence-corrected chi connectivity index (χ0v) is 15.2. The molecule has 0 radical (unpaired) electrons. The first-order chi connectivity index (χ1) is 12.3. The molecule has 2 fully saturated rings. The Morgan fingerprint density at radius 1 is 1.28 bits per heavy atom. The molecule has 5 nitrogen and oxygen atoms in total. The molecule has 3 rings (SSSR count). The number of carbonyl (C=O) groups is 1. The number of hydrogen-bond donors (Lipinski definition) is 1. The van der Waals surface area contributed by atoms with Crippen LogP contribution >= 0.6 is 0 Å². The molecule has 1 amide bonds. The van der Waals surface area contributed by atoms with Crippen molar-refractivity contribution in [2.45, 2.75) is 50.8 Å². The molecule has 138 valence electrons. The van der Waals surface area contributed by atoms with Gasteiger partial charge in [-0.15, -0.1) is 0 Å². The minimum absolute atomic E-state index is 0.0144. The third kappa shape index (κ3) is 5.27. The number of benzene rings is 1. The third-order valence-corrected chi connectivity index (χ3v) is 5.22. The van der Waals surface area contributed by atoms with Crippen molar-refractivity contribution in [2.24, 2.45) is 0 Å². The van der Waals surface area contributed by atoms with Gasteiger partial charge in [0.2, 0.25) is 0 Å². The van der Waals surface area contributed by atoms with Crippen LogP contribution in [0, 0.1) is 0 Å². The molecule has 1 aromatic rings. The molecule has 2 aliphatic rings. The van der Waals surface area contributed by atoms with E-state index >= 15 is 0 Å². The average Bonchev–Trinajstić information content (AvgIpc) is 2.91. The van der Waals surface area contributed by atoms with Crippen molar-refractivity contribution in [3.05, 3.63) is 35.4 Å². The quantitative estimate of drug-likeness (QED) is 0.890. The van der Waals surface area contributed by atoms with E-state index in [1.807, 2.05) is 18.2 Å². The molecule has 0 unspecified atom stereocenters. The predicted molar refractivity (Wildman–Crippen MR) is 97.7 cm³/mol. The van der Waals surface area contributed by atoms with E-state index in [0.717, 1.165) is 31.6 Å². The van der Waals surface area contributed by atoms with Crippen molar-refractivity contribution in [1.82, 2.24) is 10.2 Å². The molecular formula is C20H30N2O3. The monoisotopic (exact) mass is 346 g/mol. The number of likely N-dealkylation sites (tertiary alicyclic amines) is 1. The van der Waals surface area contributed by atoms with Gasteiger partial charge in [0.25, 0.3) is 5.91 Å². The van der Waals surface area contributed by atoms with Crippen LogP contribution in [0.25, 0.3) is 0 Å². The van der Waals surface area contributed by atoms with Crippen LogP contribution in [-0.4, -0.2) is 56.4 Å². The maximum absolute atomic E-state index is 12.7. The van der Waals surface area contributed by atoms with Gasteiger partial charge in [0, 0.05) is 25.8 Å². The Labute approximate surface area is 150 Å². The van der Waals surface area contributed by atoms with Gasteiger partial charge in [-0.3, -0.25) is 9.69 Å². The number of nitrogens with one attached hydrogen (secondary N) is 1. The van der Waals surface area contributed by atoms with Gasteiger partial charge in [-0.25, -0.2) is 0 Å². The van der Waals surface area contributed by atoms with Gasteiger partial charge in [0.05, 0.1) is 12.6 Å². The smallest absolute Gasteiger partial charge is 0.251 e. The van der Waals surface area contributed by atoms with Gasteiger partial charge in [-0.2, -0.15) is 0 Å². The zero-order chi connectivity index (χ0) is 17.5. The van der Waals surface area contributed by atoms with Crippen LogP contribution in [0.2, 0.25) is 0 Å². The number of nitrogens with zero attached hydrogens (tertiary/aromatic N) is 1. The minimum atomic E-state index is -0.0713. The summed E-state index contributed by atoms with van der Waals surface area (Å²) in [6, 6.07) is 8.04. The van der Waals surface area contributed by atoms with E-state index in [-0.39, 0.29) is 18.1 Å². The van der Waals surface area contributed by atoms with Gasteiger partial charge in [0.1, 0.15) is 6.10 Å². The lowest BCUT2D eigenvalue weighted by atomic mass is 10.0. The van der Waals surface area contributed by atoms with Gasteiger partial charge in [-0.1, -0.05) is 25.0 Å². The first-order valence-electron chi connectivity index (χ1n) is 9.49. The summed E-state index contributed by atoms with van der Waals surface area (Å²) in [7, 11) is 1.67. The number of ether oxygens (including phenoxy) is 2. The molecule has 1 N–H and O–H groups in total. The first kappa shape index (κ1) is 18.4. The third-order valence-electron chi connectivity index (χ3n) is 5.22. The van der Waals surface area contributed by atoms with E-state index in [9.17, 15) is 4.79 Å². The fraction of sp³-hybridized carbons (Fsp3) is 0.650. The summed E-state index contributed by atoms with van der Waals surface area (Å²) >= 11 is 0. The molecule has 2 heterocycles. The van der Waals surface area contributed by atoms with Crippen LogP contribution in [0.15, 0.2) is 24.3 Å². The number of methoxy groups -OCH3 is 1. The van der Waals surface area contributed by atoms with E-state index in [2.05, 4.69) is 16.3 Å². The fourth-order valence-electron chi connectivity index (χ4n) is 3.72. The summed E-state index contributed by atoms with van der Waals surface area (Å²) in [4.78, 5) is 15.2. The Kier molecular flexibility index (Phi) is 6.84. The number of amides is 1. The van der Waals surface area contributed by atoms with E-state index in [0.29, 0.717) is 13.2 Å². The standard InChI is InChI=1S/C20H30N2O3/c1-24-19-15-25-12-9-18(19)21-20(23)17-8-6-7-16(13-17)14-22-10-4-2-3-5-11-22/h6-8,13,18-19H,2-5,9-12,14-15H2,1H3,(H,21,23)/t18-,19-/m1/s1. The van der Waals surface area contributed by atoms with Gasteiger partial charge in [-0.05, 0) is 50.0 Å². The topological polar surface area (TPSA) is 50.8 Å². The first-order valence-corrected chi connectivity index (χ1v) is 9.49. The Bertz CT molecular complexity index is 556. The second-order valence-corrected chi connectivity index (χ2v) is 7.11. The van der Waals surface area contributed by atoms with Crippen LogP contribution in [0.3, 0.4) is 0 Å². The highest BCUT2D eigenvalue weighted by molar-refractivity contribution is 5.94. The summed E-state index contributed by atoms with van der Waals surface area (Å²) in [5.41, 5.74) is 1.94. The van der Waals surface area contributed by atoms with E-state index in [1.165, 1.54) is 31.2 Å². The molecule has 0 aliphatic carbocycles. The van der Waals surface area contributed by atoms with Crippen molar-refractivity contribution in [1.29, 1.82) is 0 Å². The highest BCUT2D eigenvalue weighted by Crippen LogP contribution is 2.15. The molecule has 1 aromatic carbocycles. The van der Waals surface area contributed by atoms with Crippen molar-refractivity contribution in [3.63, 3.8) is 0 Å². The van der Waals surface area contributed by atoms with Gasteiger partial charge >= 0.3 is 0 Å². The SMILES string of the molecule is CO[C@@H]1COCC[C@H]1NC(=O)c1cccc(CN2CCCCCC2)c1. The van der Waals surface area contributed by atoms with Gasteiger partial charge in [0.15, 0.2) is 0 Å². The molecule has 25 heavy (non-hydrogen) atoms. The number of hydrogen-bond acceptors (Lipinski definition) is 4. The lowest BCUT2D eigenvalue weighted by Gasteiger charge is -2.31. The molecule has 2 saturated heterocycles. The van der Waals surface area contributed by atoms with E-state index < -0.39 is 0 Å². The van der Waals surface area contributed by atoms with Crippen LogP contribution < -0.4 is 5.32 Å². The van der Waals surface area contributed by atoms with Crippen molar-refractivity contribution in [2.75, 3.05) is 33.4 Å². The van der Waals surface area contributed by atoms with Gasteiger partial charge < -0.3 is 14.8 Å². The van der Waals surface area contributed by atoms with Crippen LogP contribution in [0.4, 0.5) is 0 Å². The highest BCUT2D eigenvalue weighted by atomic mass is 16.5. The molecule has 5 heteroatoms. The second kappa shape index (κ2) is 9.32. The van der Waals surface area contributed by atoms with Crippen molar-refractivity contribution < 1.29 is 14.3 Å².